The number of pyridine rings is 2. The zero-order valence-electron chi connectivity index (χ0n) is 17.9. The summed E-state index contributed by atoms with van der Waals surface area (Å²) in [5.74, 6) is 1.42. The van der Waals surface area contributed by atoms with Crippen molar-refractivity contribution in [1.82, 2.24) is 9.55 Å². The Kier molecular flexibility index (Phi) is 4.13. The van der Waals surface area contributed by atoms with E-state index in [9.17, 15) is 4.79 Å². The number of ether oxygens (including phenoxy) is 2. The van der Waals surface area contributed by atoms with Crippen molar-refractivity contribution in [1.29, 1.82) is 0 Å². The number of nitrogens with two attached hydrogens (primary N) is 1. The van der Waals surface area contributed by atoms with Crippen LogP contribution in [0.3, 0.4) is 0 Å². The number of aliphatic imine (C=N–C) groups is 1. The summed E-state index contributed by atoms with van der Waals surface area (Å²) in [6.45, 7) is 0.273. The van der Waals surface area contributed by atoms with Gasteiger partial charge in [0, 0.05) is 48.4 Å². The Labute approximate surface area is 189 Å². The van der Waals surface area contributed by atoms with Crippen molar-refractivity contribution in [3.05, 3.63) is 101 Å². The second-order valence-corrected chi connectivity index (χ2v) is 8.23. The highest BCUT2D eigenvalue weighted by Gasteiger charge is 2.47. The molecule has 7 nitrogen and oxygen atoms in total. The minimum Gasteiger partial charge on any atom is -0.462 e. The van der Waals surface area contributed by atoms with Gasteiger partial charge >= 0.3 is 0 Å². The van der Waals surface area contributed by atoms with E-state index in [2.05, 4.69) is 11.1 Å². The summed E-state index contributed by atoms with van der Waals surface area (Å²) in [7, 11) is 1.74. The molecule has 33 heavy (non-hydrogen) atoms. The van der Waals surface area contributed by atoms with Gasteiger partial charge in [0.2, 0.25) is 5.56 Å². The Morgan fingerprint density at radius 2 is 1.64 bits per heavy atom. The zero-order chi connectivity index (χ0) is 22.6. The van der Waals surface area contributed by atoms with Crippen LogP contribution in [-0.2, 0) is 17.3 Å². The normalized spacial score (nSPS) is 18.2. The van der Waals surface area contributed by atoms with Gasteiger partial charge in [-0.25, -0.2) is 4.99 Å². The molecule has 0 amide bonds. The van der Waals surface area contributed by atoms with Crippen LogP contribution in [0.15, 0.2) is 89.0 Å². The van der Waals surface area contributed by atoms with E-state index in [-0.39, 0.29) is 18.2 Å². The summed E-state index contributed by atoms with van der Waals surface area (Å²) < 4.78 is 13.5. The Morgan fingerprint density at radius 1 is 0.939 bits per heavy atom. The Hall–Kier alpha value is -4.39. The number of aromatic nitrogens is 2. The fourth-order valence-electron chi connectivity index (χ4n) is 4.51. The van der Waals surface area contributed by atoms with Gasteiger partial charge in [0.05, 0.1) is 0 Å². The smallest absolute Gasteiger partial charge is 0.283 e. The van der Waals surface area contributed by atoms with E-state index in [0.29, 0.717) is 11.5 Å². The van der Waals surface area contributed by atoms with Crippen molar-refractivity contribution in [3.8, 4) is 33.8 Å². The van der Waals surface area contributed by atoms with Crippen LogP contribution >= 0.6 is 0 Å². The van der Waals surface area contributed by atoms with Gasteiger partial charge in [0.15, 0.2) is 5.54 Å². The fourth-order valence-corrected chi connectivity index (χ4v) is 4.51. The molecule has 2 aliphatic rings. The molecule has 1 spiro atoms. The van der Waals surface area contributed by atoms with Crippen LogP contribution in [0.2, 0.25) is 0 Å². The molecule has 0 bridgehead atoms. The van der Waals surface area contributed by atoms with Gasteiger partial charge in [-0.1, -0.05) is 18.2 Å². The molecule has 0 aliphatic carbocycles. The molecule has 4 aromatic rings. The van der Waals surface area contributed by atoms with Gasteiger partial charge in [0.1, 0.15) is 18.1 Å². The highest BCUT2D eigenvalue weighted by atomic mass is 16.5. The number of amidine groups is 1. The van der Waals surface area contributed by atoms with Crippen LogP contribution in [0, 0.1) is 0 Å². The van der Waals surface area contributed by atoms with Crippen LogP contribution in [-0.4, -0.2) is 22.2 Å². The van der Waals surface area contributed by atoms with Crippen LogP contribution in [0.4, 0.5) is 0 Å². The van der Waals surface area contributed by atoms with Gasteiger partial charge in [-0.3, -0.25) is 9.78 Å². The molecule has 2 aliphatic heterocycles. The number of hydrogen-bond donors (Lipinski definition) is 1. The van der Waals surface area contributed by atoms with Crippen molar-refractivity contribution in [2.45, 2.75) is 5.54 Å². The summed E-state index contributed by atoms with van der Waals surface area (Å²) in [5.41, 5.74) is 10.7. The summed E-state index contributed by atoms with van der Waals surface area (Å²) in [5, 5.41) is 0. The second-order valence-electron chi connectivity index (χ2n) is 8.23. The highest BCUT2D eigenvalue weighted by molar-refractivity contribution is 5.79. The van der Waals surface area contributed by atoms with Crippen LogP contribution in [0.25, 0.3) is 22.3 Å². The van der Waals surface area contributed by atoms with Crippen LogP contribution in [0.1, 0.15) is 11.1 Å². The summed E-state index contributed by atoms with van der Waals surface area (Å²) in [6, 6.07) is 19.4. The first-order valence-electron chi connectivity index (χ1n) is 10.6. The lowest BCUT2D eigenvalue weighted by Gasteiger charge is -2.34. The third kappa shape index (κ3) is 3.01. The Morgan fingerprint density at radius 3 is 2.24 bits per heavy atom. The summed E-state index contributed by atoms with van der Waals surface area (Å²) >= 11 is 0. The number of fused-ring (bicyclic) bond motifs is 4. The molecular weight excluding hydrogens is 416 g/mol. The van der Waals surface area contributed by atoms with E-state index in [1.807, 2.05) is 60.9 Å². The first kappa shape index (κ1) is 19.3. The minimum absolute atomic E-state index is 0.0602. The minimum atomic E-state index is -0.831. The summed E-state index contributed by atoms with van der Waals surface area (Å²) in [6.07, 6.45) is 5.39. The average molecular weight is 436 g/mol. The Bertz CT molecular complexity index is 1490. The first-order chi connectivity index (χ1) is 16.0. The van der Waals surface area contributed by atoms with E-state index in [4.69, 9.17) is 20.2 Å². The number of rotatable bonds is 2. The molecule has 2 aromatic carbocycles. The molecule has 162 valence electrons. The third-order valence-electron chi connectivity index (χ3n) is 6.21. The maximum Gasteiger partial charge on any atom is 0.283 e. The van der Waals surface area contributed by atoms with Gasteiger partial charge < -0.3 is 19.8 Å². The van der Waals surface area contributed by atoms with Gasteiger partial charge in [-0.2, -0.15) is 0 Å². The van der Waals surface area contributed by atoms with Crippen LogP contribution in [0.5, 0.6) is 11.5 Å². The van der Waals surface area contributed by atoms with E-state index in [1.54, 1.807) is 23.9 Å². The highest BCUT2D eigenvalue weighted by Crippen LogP contribution is 2.52. The van der Waals surface area contributed by atoms with Gasteiger partial charge in [0.25, 0.3) is 6.02 Å². The standard InChI is InChI=1S/C26H20N4O3/c1-30-14-19(6-9-24(30)31)17-5-8-23-21(12-17)26(15-32-25(27)29-26)20-11-16(4-7-22(20)33-23)18-3-2-10-28-13-18/h2-14H,15H2,1H3,(H2,27,29)/t26-/m1/s1. The number of aryl methyl sites for hydroxylation is 1. The molecule has 2 N–H and O–H groups in total. The number of benzene rings is 2. The van der Waals surface area contributed by atoms with Crippen molar-refractivity contribution < 1.29 is 9.47 Å². The van der Waals surface area contributed by atoms with Crippen LogP contribution < -0.4 is 16.0 Å². The SMILES string of the molecule is Cn1cc(-c2ccc3c(c2)[C@@]2(COC(N)=N2)c2cc(-c4cccnc4)ccc2O3)ccc1=O. The molecule has 0 radical (unpaired) electrons. The second kappa shape index (κ2) is 7.06. The van der Waals surface area contributed by atoms with Crippen molar-refractivity contribution in [3.63, 3.8) is 0 Å². The predicted molar refractivity (Wildman–Crippen MR) is 125 cm³/mol. The fraction of sp³-hybridized carbons (Fsp3) is 0.115. The molecule has 6 rings (SSSR count). The quantitative estimate of drug-likeness (QED) is 0.516. The lowest BCUT2D eigenvalue weighted by molar-refractivity contribution is 0.264. The zero-order valence-corrected chi connectivity index (χ0v) is 17.9. The van der Waals surface area contributed by atoms with Gasteiger partial charge in [-0.15, -0.1) is 0 Å². The lowest BCUT2D eigenvalue weighted by atomic mass is 9.79. The molecule has 4 heterocycles. The van der Waals surface area contributed by atoms with Crippen molar-refractivity contribution in [2.75, 3.05) is 6.61 Å². The number of hydrogen-bond acceptors (Lipinski definition) is 6. The number of nitrogens with zero attached hydrogens (tertiary/aromatic N) is 3. The molecule has 1 atom stereocenters. The lowest BCUT2D eigenvalue weighted by Crippen LogP contribution is -2.31. The van der Waals surface area contributed by atoms with E-state index in [1.165, 1.54) is 0 Å². The van der Waals surface area contributed by atoms with E-state index in [0.717, 1.165) is 33.4 Å². The third-order valence-corrected chi connectivity index (χ3v) is 6.21. The van der Waals surface area contributed by atoms with E-state index >= 15 is 0 Å². The molecule has 7 heteroatoms. The molecule has 2 aromatic heterocycles. The molecule has 0 saturated heterocycles. The van der Waals surface area contributed by atoms with E-state index < -0.39 is 5.54 Å². The predicted octanol–water partition coefficient (Wildman–Crippen LogP) is 3.81. The van der Waals surface area contributed by atoms with Crippen molar-refractivity contribution >= 4 is 6.02 Å². The largest absolute Gasteiger partial charge is 0.462 e. The maximum absolute atomic E-state index is 11.9. The van der Waals surface area contributed by atoms with Crippen molar-refractivity contribution in [2.24, 2.45) is 17.8 Å². The molecular formula is C26H20N4O3. The van der Waals surface area contributed by atoms with Gasteiger partial charge in [-0.05, 0) is 53.1 Å². The summed E-state index contributed by atoms with van der Waals surface area (Å²) in [4.78, 5) is 20.9. The first-order valence-corrected chi connectivity index (χ1v) is 10.6. The maximum atomic E-state index is 11.9. The Balaban J connectivity index is 1.55. The molecule has 0 fully saturated rings. The topological polar surface area (TPSA) is 91.7 Å². The monoisotopic (exact) mass is 436 g/mol. The molecule has 0 unspecified atom stereocenters. The molecule has 0 saturated carbocycles. The average Bonchev–Trinajstić information content (AvgIpc) is 3.23.